The highest BCUT2D eigenvalue weighted by atomic mass is 14.7. The van der Waals surface area contributed by atoms with Crippen LogP contribution in [0.25, 0.3) is 0 Å². The standard InChI is InChI=1S/C32H54/c1-7-22(6)31-28-20-29(28)32-27(19-30(31)32)25-16-12-10-14-23(15-11-13-17-25)18-24(8-2)26(9-3)21(4)5/h18,22-23,25-32H,4,7-17,19-20H2,1-3,5-6H3. The Morgan fingerprint density at radius 3 is 2.03 bits per heavy atom. The smallest absolute Gasteiger partial charge is 0.000116 e. The molecule has 182 valence electrons. The third kappa shape index (κ3) is 4.95. The molecule has 0 heterocycles. The Bertz CT molecular complexity index is 643. The largest absolute Gasteiger partial charge is 0.0995 e. The summed E-state index contributed by atoms with van der Waals surface area (Å²) in [6, 6.07) is 0. The van der Waals surface area contributed by atoms with Gasteiger partial charge in [0.15, 0.2) is 0 Å². The first-order valence-corrected chi connectivity index (χ1v) is 14.9. The SMILES string of the molecule is C=C(C)C(CC)C(=CC1CCCCC(C2CC3C(C(C)CC)C4CC4C23)CCCC1)CC. The Balaban J connectivity index is 1.31. The molecule has 4 saturated carbocycles. The molecule has 4 aliphatic rings. The lowest BCUT2D eigenvalue weighted by Gasteiger charge is -2.50. The molecule has 0 spiro atoms. The van der Waals surface area contributed by atoms with Crippen molar-refractivity contribution in [1.29, 1.82) is 0 Å². The molecule has 0 amide bonds. The fraction of sp³-hybridized carbons (Fsp3) is 0.875. The molecule has 32 heavy (non-hydrogen) atoms. The molecule has 4 fully saturated rings. The summed E-state index contributed by atoms with van der Waals surface area (Å²) in [6.45, 7) is 16.2. The maximum atomic E-state index is 4.30. The summed E-state index contributed by atoms with van der Waals surface area (Å²) in [5.41, 5.74) is 3.04. The van der Waals surface area contributed by atoms with Crippen LogP contribution in [-0.2, 0) is 0 Å². The predicted octanol–water partition coefficient (Wildman–Crippen LogP) is 9.86. The van der Waals surface area contributed by atoms with E-state index < -0.39 is 0 Å². The third-order valence-corrected chi connectivity index (χ3v) is 10.9. The van der Waals surface area contributed by atoms with Gasteiger partial charge in [-0.1, -0.05) is 96.4 Å². The summed E-state index contributed by atoms with van der Waals surface area (Å²) in [6.07, 6.45) is 21.6. The Hall–Kier alpha value is -0.520. The monoisotopic (exact) mass is 438 g/mol. The second-order valence-corrected chi connectivity index (χ2v) is 12.7. The van der Waals surface area contributed by atoms with E-state index in [4.69, 9.17) is 0 Å². The minimum atomic E-state index is 0.614. The van der Waals surface area contributed by atoms with Gasteiger partial charge in [-0.2, -0.15) is 0 Å². The quantitative estimate of drug-likeness (QED) is 0.331. The molecule has 0 aromatic heterocycles. The predicted molar refractivity (Wildman–Crippen MR) is 141 cm³/mol. The van der Waals surface area contributed by atoms with E-state index in [0.29, 0.717) is 5.92 Å². The van der Waals surface area contributed by atoms with Crippen molar-refractivity contribution in [2.24, 2.45) is 59.2 Å². The topological polar surface area (TPSA) is 0 Å². The lowest BCUT2D eigenvalue weighted by Crippen LogP contribution is -2.44. The van der Waals surface area contributed by atoms with Crippen molar-refractivity contribution in [3.05, 3.63) is 23.8 Å². The van der Waals surface area contributed by atoms with E-state index in [1.165, 1.54) is 63.4 Å². The van der Waals surface area contributed by atoms with E-state index in [1.807, 2.05) is 0 Å². The van der Waals surface area contributed by atoms with Crippen molar-refractivity contribution < 1.29 is 0 Å². The second-order valence-electron chi connectivity index (χ2n) is 12.7. The van der Waals surface area contributed by atoms with Gasteiger partial charge in [0, 0.05) is 0 Å². The van der Waals surface area contributed by atoms with Crippen LogP contribution in [0.4, 0.5) is 0 Å². The molecule has 0 nitrogen and oxygen atoms in total. The fourth-order valence-electron chi connectivity index (χ4n) is 9.08. The number of hydrogen-bond acceptors (Lipinski definition) is 0. The number of rotatable bonds is 8. The van der Waals surface area contributed by atoms with Gasteiger partial charge in [-0.3, -0.25) is 0 Å². The molecule has 0 bridgehead atoms. The van der Waals surface area contributed by atoms with Gasteiger partial charge >= 0.3 is 0 Å². The third-order valence-electron chi connectivity index (χ3n) is 10.9. The maximum absolute atomic E-state index is 4.30. The Morgan fingerprint density at radius 1 is 0.844 bits per heavy atom. The molecule has 4 rings (SSSR count). The summed E-state index contributed by atoms with van der Waals surface area (Å²) < 4.78 is 0. The summed E-state index contributed by atoms with van der Waals surface area (Å²) in [5.74, 6) is 10.3. The summed E-state index contributed by atoms with van der Waals surface area (Å²) in [4.78, 5) is 0. The molecular weight excluding hydrogens is 384 g/mol. The minimum absolute atomic E-state index is 0.614. The van der Waals surface area contributed by atoms with Gasteiger partial charge in [-0.15, -0.1) is 0 Å². The van der Waals surface area contributed by atoms with Crippen molar-refractivity contribution >= 4 is 0 Å². The molecule has 4 aliphatic carbocycles. The second kappa shape index (κ2) is 10.8. The molecule has 0 aliphatic heterocycles. The summed E-state index contributed by atoms with van der Waals surface area (Å²) >= 11 is 0. The van der Waals surface area contributed by atoms with Crippen molar-refractivity contribution in [3.63, 3.8) is 0 Å². The molecule has 0 radical (unpaired) electrons. The lowest BCUT2D eigenvalue weighted by molar-refractivity contribution is -0.0174. The van der Waals surface area contributed by atoms with Crippen LogP contribution in [0.15, 0.2) is 23.8 Å². The number of hydrogen-bond donors (Lipinski definition) is 0. The van der Waals surface area contributed by atoms with Crippen LogP contribution >= 0.6 is 0 Å². The summed E-state index contributed by atoms with van der Waals surface area (Å²) in [7, 11) is 0. The molecule has 0 N–H and O–H groups in total. The van der Waals surface area contributed by atoms with Crippen molar-refractivity contribution in [2.45, 2.75) is 118 Å². The highest BCUT2D eigenvalue weighted by molar-refractivity contribution is 5.18. The zero-order valence-electron chi connectivity index (χ0n) is 22.3. The summed E-state index contributed by atoms with van der Waals surface area (Å²) in [5, 5.41) is 0. The van der Waals surface area contributed by atoms with Crippen molar-refractivity contribution in [1.82, 2.24) is 0 Å². The van der Waals surface area contributed by atoms with E-state index in [-0.39, 0.29) is 0 Å². The van der Waals surface area contributed by atoms with Crippen molar-refractivity contribution in [2.75, 3.05) is 0 Å². The fourth-order valence-corrected chi connectivity index (χ4v) is 9.08. The molecule has 0 aromatic rings. The van der Waals surface area contributed by atoms with Gasteiger partial charge in [0.25, 0.3) is 0 Å². The zero-order valence-corrected chi connectivity index (χ0v) is 22.3. The molecule has 0 saturated heterocycles. The zero-order chi connectivity index (χ0) is 22.8. The highest BCUT2D eigenvalue weighted by Gasteiger charge is 2.67. The molecular formula is C32H54. The number of allylic oxidation sites excluding steroid dienone is 3. The van der Waals surface area contributed by atoms with Crippen LogP contribution in [0.5, 0.6) is 0 Å². The van der Waals surface area contributed by atoms with Crippen molar-refractivity contribution in [3.8, 4) is 0 Å². The normalized spacial score (nSPS) is 41.7. The van der Waals surface area contributed by atoms with Gasteiger partial charge in [0.1, 0.15) is 0 Å². The van der Waals surface area contributed by atoms with Crippen LogP contribution in [0, 0.1) is 59.2 Å². The molecule has 8 atom stereocenters. The van der Waals surface area contributed by atoms with Gasteiger partial charge in [0.05, 0.1) is 0 Å². The highest BCUT2D eigenvalue weighted by Crippen LogP contribution is 2.73. The molecule has 0 aromatic carbocycles. The van der Waals surface area contributed by atoms with E-state index >= 15 is 0 Å². The molecule has 8 unspecified atom stereocenters. The lowest BCUT2D eigenvalue weighted by atomic mass is 9.55. The molecule has 0 heteroatoms. The van der Waals surface area contributed by atoms with Crippen LogP contribution in [-0.4, -0.2) is 0 Å². The van der Waals surface area contributed by atoms with E-state index in [2.05, 4.69) is 47.3 Å². The minimum Gasteiger partial charge on any atom is -0.0995 e. The Labute approximate surface area is 201 Å². The van der Waals surface area contributed by atoms with Gasteiger partial charge in [-0.25, -0.2) is 0 Å². The first kappa shape index (κ1) is 24.6. The maximum Gasteiger partial charge on any atom is -0.000116 e. The first-order chi connectivity index (χ1) is 15.5. The average molecular weight is 439 g/mol. The van der Waals surface area contributed by atoms with E-state index in [1.54, 1.807) is 31.3 Å². The Morgan fingerprint density at radius 2 is 1.47 bits per heavy atom. The van der Waals surface area contributed by atoms with Crippen LogP contribution in [0.2, 0.25) is 0 Å². The van der Waals surface area contributed by atoms with Crippen LogP contribution in [0.1, 0.15) is 118 Å². The Kier molecular flexibility index (Phi) is 8.32. The van der Waals surface area contributed by atoms with Gasteiger partial charge in [0.2, 0.25) is 0 Å². The van der Waals surface area contributed by atoms with E-state index in [0.717, 1.165) is 53.3 Å². The average Bonchev–Trinajstić information content (AvgIpc) is 3.48. The first-order valence-electron chi connectivity index (χ1n) is 14.9. The van der Waals surface area contributed by atoms with Gasteiger partial charge in [-0.05, 0) is 105 Å². The number of fused-ring (bicyclic) bond motifs is 3. The van der Waals surface area contributed by atoms with Gasteiger partial charge < -0.3 is 0 Å². The van der Waals surface area contributed by atoms with Crippen LogP contribution in [0.3, 0.4) is 0 Å². The van der Waals surface area contributed by atoms with Crippen LogP contribution < -0.4 is 0 Å². The van der Waals surface area contributed by atoms with E-state index in [9.17, 15) is 0 Å².